The first kappa shape index (κ1) is 16.1. The highest BCUT2D eigenvalue weighted by Crippen LogP contribution is 2.40. The molecule has 2 aliphatic rings. The van der Waals surface area contributed by atoms with Gasteiger partial charge in [0, 0.05) is 12.0 Å². The number of methoxy groups -OCH3 is 1. The summed E-state index contributed by atoms with van der Waals surface area (Å²) in [6, 6.07) is 7.40. The molecule has 0 saturated heterocycles. The van der Waals surface area contributed by atoms with Crippen LogP contribution < -0.4 is 10.1 Å². The summed E-state index contributed by atoms with van der Waals surface area (Å²) in [5, 5.41) is 17.7. The molecule has 2 N–H and O–H groups in total. The molecule has 1 aromatic heterocycles. The van der Waals surface area contributed by atoms with Gasteiger partial charge < -0.3 is 19.7 Å². The molecule has 1 heterocycles. The first-order chi connectivity index (χ1) is 12.1. The Hall–Kier alpha value is -2.34. The number of hydrogen-bond donors (Lipinski definition) is 2. The Kier molecular flexibility index (Phi) is 4.00. The number of carbonyl (C=O) groups is 1. The predicted octanol–water partition coefficient (Wildman–Crippen LogP) is 2.51. The van der Waals surface area contributed by atoms with Crippen molar-refractivity contribution in [1.29, 1.82) is 0 Å². The van der Waals surface area contributed by atoms with Crippen LogP contribution in [0.1, 0.15) is 59.0 Å². The third kappa shape index (κ3) is 3.14. The first-order valence-corrected chi connectivity index (χ1v) is 8.74. The molecule has 6 nitrogen and oxygen atoms in total. The molecule has 2 aromatic rings. The van der Waals surface area contributed by atoms with E-state index in [-0.39, 0.29) is 18.1 Å². The third-order valence-corrected chi connectivity index (χ3v) is 5.13. The summed E-state index contributed by atoms with van der Waals surface area (Å²) in [7, 11) is 1.63. The molecule has 1 aromatic carbocycles. The van der Waals surface area contributed by atoms with Gasteiger partial charge in [-0.15, -0.1) is 0 Å². The van der Waals surface area contributed by atoms with E-state index in [0.717, 1.165) is 48.3 Å². The topological polar surface area (TPSA) is 84.6 Å². The Bertz CT molecular complexity index is 796. The largest absolute Gasteiger partial charge is 0.497 e. The standard InChI is InChI=1S/C19H22N2O4/c1-24-14-6-7-15-13(9-14)3-2-8-19(15,23)11-20-18(22)16-10-17(25-21-16)12-4-5-12/h6-7,9-10,12,23H,2-5,8,11H2,1H3,(H,20,22)/t19-/m0/s1. The lowest BCUT2D eigenvalue weighted by molar-refractivity contribution is 0.0188. The molecule has 0 bridgehead atoms. The number of nitrogens with one attached hydrogen (secondary N) is 1. The lowest BCUT2D eigenvalue weighted by atomic mass is 9.79. The van der Waals surface area contributed by atoms with E-state index in [1.165, 1.54) is 0 Å². The highest BCUT2D eigenvalue weighted by Gasteiger charge is 2.35. The Morgan fingerprint density at radius 2 is 2.28 bits per heavy atom. The molecule has 0 spiro atoms. The van der Waals surface area contributed by atoms with Crippen molar-refractivity contribution < 1.29 is 19.2 Å². The number of rotatable bonds is 5. The van der Waals surface area contributed by atoms with Crippen molar-refractivity contribution >= 4 is 5.91 Å². The average molecular weight is 342 g/mol. The number of ether oxygens (including phenoxy) is 1. The van der Waals surface area contributed by atoms with Gasteiger partial charge in [0.15, 0.2) is 5.69 Å². The van der Waals surface area contributed by atoms with E-state index in [1.807, 2.05) is 18.2 Å². The first-order valence-electron chi connectivity index (χ1n) is 8.74. The van der Waals surface area contributed by atoms with Crippen LogP contribution in [-0.2, 0) is 12.0 Å². The maximum Gasteiger partial charge on any atom is 0.273 e. The smallest absolute Gasteiger partial charge is 0.273 e. The number of benzene rings is 1. The number of aryl methyl sites for hydroxylation is 1. The quantitative estimate of drug-likeness (QED) is 0.872. The van der Waals surface area contributed by atoms with Crippen molar-refractivity contribution in [3.63, 3.8) is 0 Å². The van der Waals surface area contributed by atoms with Gasteiger partial charge in [0.1, 0.15) is 17.1 Å². The van der Waals surface area contributed by atoms with Gasteiger partial charge in [0.25, 0.3) is 5.91 Å². The monoisotopic (exact) mass is 342 g/mol. The number of amides is 1. The Morgan fingerprint density at radius 1 is 1.44 bits per heavy atom. The fourth-order valence-electron chi connectivity index (χ4n) is 3.52. The predicted molar refractivity (Wildman–Crippen MR) is 90.6 cm³/mol. The minimum atomic E-state index is -1.07. The summed E-state index contributed by atoms with van der Waals surface area (Å²) < 4.78 is 10.5. The number of fused-ring (bicyclic) bond motifs is 1. The van der Waals surface area contributed by atoms with Crippen LogP contribution in [-0.4, -0.2) is 29.8 Å². The van der Waals surface area contributed by atoms with Gasteiger partial charge in [-0.05, 0) is 55.4 Å². The zero-order valence-corrected chi connectivity index (χ0v) is 14.2. The highest BCUT2D eigenvalue weighted by atomic mass is 16.5. The van der Waals surface area contributed by atoms with Crippen LogP contribution in [0.15, 0.2) is 28.8 Å². The molecule has 132 valence electrons. The molecule has 4 rings (SSSR count). The lowest BCUT2D eigenvalue weighted by Crippen LogP contribution is -2.43. The summed E-state index contributed by atoms with van der Waals surface area (Å²) in [6.45, 7) is 0.150. The Labute approximate surface area is 146 Å². The Morgan fingerprint density at radius 3 is 3.04 bits per heavy atom. The van der Waals surface area contributed by atoms with Gasteiger partial charge >= 0.3 is 0 Å². The van der Waals surface area contributed by atoms with Crippen LogP contribution in [0.25, 0.3) is 0 Å². The minimum absolute atomic E-state index is 0.150. The normalized spacial score (nSPS) is 22.3. The molecule has 1 amide bonds. The molecule has 1 fully saturated rings. The van der Waals surface area contributed by atoms with E-state index < -0.39 is 5.60 Å². The van der Waals surface area contributed by atoms with Crippen LogP contribution in [0, 0.1) is 0 Å². The molecule has 1 saturated carbocycles. The van der Waals surface area contributed by atoms with E-state index in [1.54, 1.807) is 13.2 Å². The summed E-state index contributed by atoms with van der Waals surface area (Å²) in [6.07, 6.45) is 4.56. The zero-order valence-electron chi connectivity index (χ0n) is 14.2. The second kappa shape index (κ2) is 6.19. The van der Waals surface area contributed by atoms with E-state index in [0.29, 0.717) is 12.3 Å². The third-order valence-electron chi connectivity index (χ3n) is 5.13. The molecule has 0 aliphatic heterocycles. The molecule has 2 aliphatic carbocycles. The molecule has 25 heavy (non-hydrogen) atoms. The number of aromatic nitrogens is 1. The maximum atomic E-state index is 12.3. The molecule has 0 radical (unpaired) electrons. The van der Waals surface area contributed by atoms with Crippen LogP contribution in [0.3, 0.4) is 0 Å². The van der Waals surface area contributed by atoms with E-state index in [4.69, 9.17) is 9.26 Å². The van der Waals surface area contributed by atoms with Crippen LogP contribution in [0.2, 0.25) is 0 Å². The fraction of sp³-hybridized carbons (Fsp3) is 0.474. The summed E-state index contributed by atoms with van der Waals surface area (Å²) >= 11 is 0. The van der Waals surface area contributed by atoms with Crippen LogP contribution >= 0.6 is 0 Å². The van der Waals surface area contributed by atoms with Crippen molar-refractivity contribution in [2.45, 2.75) is 43.6 Å². The van der Waals surface area contributed by atoms with E-state index in [9.17, 15) is 9.90 Å². The van der Waals surface area contributed by atoms with Gasteiger partial charge in [-0.3, -0.25) is 4.79 Å². The average Bonchev–Trinajstić information content (AvgIpc) is 3.36. The number of hydrogen-bond acceptors (Lipinski definition) is 5. The number of aliphatic hydroxyl groups is 1. The second-order valence-corrected chi connectivity index (χ2v) is 6.98. The van der Waals surface area contributed by atoms with Crippen molar-refractivity contribution in [3.05, 3.63) is 46.8 Å². The van der Waals surface area contributed by atoms with Crippen molar-refractivity contribution in [3.8, 4) is 5.75 Å². The SMILES string of the molecule is COc1ccc2c(c1)CCC[C@]2(O)CNC(=O)c1cc(C2CC2)on1. The molecule has 6 heteroatoms. The van der Waals surface area contributed by atoms with Gasteiger partial charge in [-0.2, -0.15) is 0 Å². The molecular formula is C19H22N2O4. The summed E-state index contributed by atoms with van der Waals surface area (Å²) in [4.78, 5) is 12.3. The second-order valence-electron chi connectivity index (χ2n) is 6.98. The van der Waals surface area contributed by atoms with E-state index in [2.05, 4.69) is 10.5 Å². The van der Waals surface area contributed by atoms with Crippen molar-refractivity contribution in [2.24, 2.45) is 0 Å². The molecular weight excluding hydrogens is 320 g/mol. The molecule has 0 unspecified atom stereocenters. The van der Waals surface area contributed by atoms with Crippen LogP contribution in [0.5, 0.6) is 5.75 Å². The summed E-state index contributed by atoms with van der Waals surface area (Å²) in [5.74, 6) is 1.66. The van der Waals surface area contributed by atoms with Gasteiger partial charge in [0.2, 0.25) is 0 Å². The lowest BCUT2D eigenvalue weighted by Gasteiger charge is -2.34. The molecule has 1 atom stereocenters. The van der Waals surface area contributed by atoms with Crippen LogP contribution in [0.4, 0.5) is 0 Å². The number of carbonyl (C=O) groups excluding carboxylic acids is 1. The van der Waals surface area contributed by atoms with Gasteiger partial charge in [0.05, 0.1) is 13.7 Å². The fourth-order valence-corrected chi connectivity index (χ4v) is 3.52. The van der Waals surface area contributed by atoms with Gasteiger partial charge in [-0.1, -0.05) is 11.2 Å². The van der Waals surface area contributed by atoms with Crippen molar-refractivity contribution in [1.82, 2.24) is 10.5 Å². The minimum Gasteiger partial charge on any atom is -0.497 e. The highest BCUT2D eigenvalue weighted by molar-refractivity contribution is 5.92. The van der Waals surface area contributed by atoms with E-state index >= 15 is 0 Å². The number of nitrogens with zero attached hydrogens (tertiary/aromatic N) is 1. The zero-order chi connectivity index (χ0) is 17.4. The van der Waals surface area contributed by atoms with Gasteiger partial charge in [-0.25, -0.2) is 0 Å². The maximum absolute atomic E-state index is 12.3. The summed E-state index contributed by atoms with van der Waals surface area (Å²) in [5.41, 5.74) is 1.13. The van der Waals surface area contributed by atoms with Crippen molar-refractivity contribution in [2.75, 3.05) is 13.7 Å². The Balaban J connectivity index is 1.47.